The van der Waals surface area contributed by atoms with Gasteiger partial charge in [0.15, 0.2) is 0 Å². The highest BCUT2D eigenvalue weighted by molar-refractivity contribution is 5.52. The molecule has 0 saturated carbocycles. The lowest BCUT2D eigenvalue weighted by atomic mass is 9.75. The van der Waals surface area contributed by atoms with Gasteiger partial charge < -0.3 is 10.2 Å². The van der Waals surface area contributed by atoms with E-state index in [0.717, 1.165) is 22.3 Å². The molecule has 0 fully saturated rings. The van der Waals surface area contributed by atoms with Crippen molar-refractivity contribution < 1.29 is 10.2 Å². The molecule has 28 heavy (non-hydrogen) atoms. The van der Waals surface area contributed by atoms with E-state index >= 15 is 0 Å². The molecule has 2 nitrogen and oxygen atoms in total. The maximum absolute atomic E-state index is 10.7. The van der Waals surface area contributed by atoms with Crippen LogP contribution < -0.4 is 0 Å². The molecule has 0 aliphatic heterocycles. The molecule has 2 rings (SSSR count). The van der Waals surface area contributed by atoms with Gasteiger partial charge in [-0.3, -0.25) is 0 Å². The first-order chi connectivity index (χ1) is 12.6. The number of aromatic hydroxyl groups is 2. The van der Waals surface area contributed by atoms with E-state index in [2.05, 4.69) is 80.5 Å². The molecule has 2 N–H and O–H groups in total. The summed E-state index contributed by atoms with van der Waals surface area (Å²) in [4.78, 5) is 0. The minimum Gasteiger partial charge on any atom is -0.508 e. The highest BCUT2D eigenvalue weighted by Crippen LogP contribution is 2.43. The molecule has 0 bridgehead atoms. The summed E-state index contributed by atoms with van der Waals surface area (Å²) in [5, 5.41) is 21.2. The Labute approximate surface area is 171 Å². The maximum atomic E-state index is 10.7. The third kappa shape index (κ3) is 4.37. The average Bonchev–Trinajstić information content (AvgIpc) is 2.50. The van der Waals surface area contributed by atoms with Crippen molar-refractivity contribution in [3.8, 4) is 11.5 Å². The Morgan fingerprint density at radius 2 is 1.25 bits per heavy atom. The fraction of sp³-hybridized carbons (Fsp3) is 0.538. The Hall–Kier alpha value is -1.96. The van der Waals surface area contributed by atoms with Crippen LogP contribution in [0.25, 0.3) is 0 Å². The number of hydrogen-bond donors (Lipinski definition) is 2. The number of phenols is 2. The number of phenolic OH excluding ortho intramolecular Hbond substituents is 2. The molecule has 2 heteroatoms. The van der Waals surface area contributed by atoms with E-state index in [1.807, 2.05) is 13.0 Å². The molecular formula is C26H38O2. The number of aryl methyl sites for hydroxylation is 2. The molecule has 0 aliphatic carbocycles. The zero-order chi connectivity index (χ0) is 21.6. The van der Waals surface area contributed by atoms with Crippen LogP contribution >= 0.6 is 0 Å². The lowest BCUT2D eigenvalue weighted by Crippen LogP contribution is -2.17. The van der Waals surface area contributed by atoms with E-state index in [0.29, 0.717) is 17.4 Å². The highest BCUT2D eigenvalue weighted by Gasteiger charge is 2.28. The quantitative estimate of drug-likeness (QED) is 0.594. The van der Waals surface area contributed by atoms with Crippen molar-refractivity contribution in [2.45, 2.75) is 86.0 Å². The predicted molar refractivity (Wildman–Crippen MR) is 120 cm³/mol. The smallest absolute Gasteiger partial charge is 0.122 e. The van der Waals surface area contributed by atoms with E-state index < -0.39 is 0 Å². The van der Waals surface area contributed by atoms with Crippen LogP contribution in [0, 0.1) is 19.8 Å². The van der Waals surface area contributed by atoms with Crippen molar-refractivity contribution in [1.82, 2.24) is 0 Å². The van der Waals surface area contributed by atoms with Gasteiger partial charge >= 0.3 is 0 Å². The molecule has 0 heterocycles. The second-order valence-electron chi connectivity index (χ2n) is 10.7. The lowest BCUT2D eigenvalue weighted by molar-refractivity contribution is 0.440. The fourth-order valence-electron chi connectivity index (χ4n) is 4.13. The van der Waals surface area contributed by atoms with Crippen LogP contribution in [0.3, 0.4) is 0 Å². The molecule has 0 amide bonds. The van der Waals surface area contributed by atoms with Gasteiger partial charge in [0.05, 0.1) is 0 Å². The van der Waals surface area contributed by atoms with E-state index in [9.17, 15) is 10.2 Å². The van der Waals surface area contributed by atoms with Gasteiger partial charge in [-0.05, 0) is 70.0 Å². The second kappa shape index (κ2) is 7.46. The van der Waals surface area contributed by atoms with E-state index in [1.165, 1.54) is 11.1 Å². The van der Waals surface area contributed by atoms with E-state index in [4.69, 9.17) is 0 Å². The Bertz CT molecular complexity index is 861. The van der Waals surface area contributed by atoms with Gasteiger partial charge in [-0.1, -0.05) is 73.6 Å². The van der Waals surface area contributed by atoms with Crippen molar-refractivity contribution in [3.63, 3.8) is 0 Å². The van der Waals surface area contributed by atoms with Gasteiger partial charge in [-0.15, -0.1) is 0 Å². The normalized spacial score (nSPS) is 13.8. The maximum Gasteiger partial charge on any atom is 0.122 e. The summed E-state index contributed by atoms with van der Waals surface area (Å²) in [6.07, 6.45) is 0. The topological polar surface area (TPSA) is 40.5 Å². The van der Waals surface area contributed by atoms with Crippen LogP contribution in [0.4, 0.5) is 0 Å². The Kier molecular flexibility index (Phi) is 5.95. The second-order valence-corrected chi connectivity index (χ2v) is 10.7. The van der Waals surface area contributed by atoms with Crippen LogP contribution in [0.1, 0.15) is 94.7 Å². The lowest BCUT2D eigenvalue weighted by Gasteiger charge is -2.30. The molecule has 154 valence electrons. The van der Waals surface area contributed by atoms with Gasteiger partial charge in [0.25, 0.3) is 0 Å². The average molecular weight is 383 g/mol. The summed E-state index contributed by atoms with van der Waals surface area (Å²) >= 11 is 0. The third-order valence-corrected chi connectivity index (χ3v) is 5.68. The number of benzene rings is 2. The molecule has 0 spiro atoms. The SMILES string of the molecule is Cc1cc(O)c(C(C)(C)C)cc1C(c1cc(C)c(O)c(C(C)(C)C)c1)C(C)C. The zero-order valence-electron chi connectivity index (χ0n) is 19.4. The summed E-state index contributed by atoms with van der Waals surface area (Å²) in [6.45, 7) is 21.4. The minimum atomic E-state index is -0.132. The van der Waals surface area contributed by atoms with Gasteiger partial charge in [0.2, 0.25) is 0 Å². The molecule has 1 atom stereocenters. The van der Waals surface area contributed by atoms with Crippen LogP contribution in [-0.2, 0) is 10.8 Å². The molecule has 0 aliphatic rings. The van der Waals surface area contributed by atoms with Gasteiger partial charge in [0.1, 0.15) is 11.5 Å². The highest BCUT2D eigenvalue weighted by atomic mass is 16.3. The molecule has 0 radical (unpaired) electrons. The van der Waals surface area contributed by atoms with Crippen molar-refractivity contribution in [1.29, 1.82) is 0 Å². The standard InChI is InChI=1S/C26H38O2/c1-15(2)23(18-11-17(4)24(28)21(13-18)26(8,9)10)19-14-20(25(5,6)7)22(27)12-16(19)3/h11-15,23,27-28H,1-10H3. The molecule has 2 aromatic rings. The fourth-order valence-corrected chi connectivity index (χ4v) is 4.13. The van der Waals surface area contributed by atoms with Crippen LogP contribution in [-0.4, -0.2) is 10.2 Å². The van der Waals surface area contributed by atoms with Crippen LogP contribution in [0.15, 0.2) is 24.3 Å². The molecule has 0 saturated heterocycles. The summed E-state index contributed by atoms with van der Waals surface area (Å²) in [5.74, 6) is 1.35. The Balaban J connectivity index is 2.77. The van der Waals surface area contributed by atoms with Gasteiger partial charge in [-0.25, -0.2) is 0 Å². The van der Waals surface area contributed by atoms with Gasteiger partial charge in [-0.2, -0.15) is 0 Å². The first-order valence-electron chi connectivity index (χ1n) is 10.3. The first-order valence-corrected chi connectivity index (χ1v) is 10.3. The molecular weight excluding hydrogens is 344 g/mol. The van der Waals surface area contributed by atoms with E-state index in [-0.39, 0.29) is 16.7 Å². The van der Waals surface area contributed by atoms with E-state index in [1.54, 1.807) is 0 Å². The Morgan fingerprint density at radius 1 is 0.714 bits per heavy atom. The molecule has 0 aromatic heterocycles. The zero-order valence-corrected chi connectivity index (χ0v) is 19.4. The summed E-state index contributed by atoms with van der Waals surface area (Å²) in [7, 11) is 0. The summed E-state index contributed by atoms with van der Waals surface area (Å²) in [6, 6.07) is 8.39. The molecule has 1 unspecified atom stereocenters. The van der Waals surface area contributed by atoms with Crippen molar-refractivity contribution >= 4 is 0 Å². The first kappa shape index (κ1) is 22.3. The number of rotatable bonds is 3. The number of hydrogen-bond acceptors (Lipinski definition) is 2. The monoisotopic (exact) mass is 382 g/mol. The van der Waals surface area contributed by atoms with Crippen LogP contribution in [0.5, 0.6) is 11.5 Å². The van der Waals surface area contributed by atoms with Crippen molar-refractivity contribution in [2.24, 2.45) is 5.92 Å². The minimum absolute atomic E-state index is 0.129. The predicted octanol–water partition coefficient (Wildman–Crippen LogP) is 7.10. The van der Waals surface area contributed by atoms with Crippen LogP contribution in [0.2, 0.25) is 0 Å². The molecule has 2 aromatic carbocycles. The van der Waals surface area contributed by atoms with Gasteiger partial charge in [0, 0.05) is 5.92 Å². The van der Waals surface area contributed by atoms with Crippen molar-refractivity contribution in [3.05, 3.63) is 57.6 Å². The Morgan fingerprint density at radius 3 is 1.71 bits per heavy atom. The largest absolute Gasteiger partial charge is 0.508 e. The third-order valence-electron chi connectivity index (χ3n) is 5.68. The van der Waals surface area contributed by atoms with Crippen molar-refractivity contribution in [2.75, 3.05) is 0 Å². The summed E-state index contributed by atoms with van der Waals surface area (Å²) < 4.78 is 0. The summed E-state index contributed by atoms with van der Waals surface area (Å²) in [5.41, 5.74) is 6.20.